The minimum absolute atomic E-state index is 0.0289. The standard InChI is InChI=1S/C25H27N3O6S.C2HF3O2/c1-17-13-18(21-5-3-4-6-22(21)26-17)15-34-19-7-9-20(10-8-19)35(32,33)16-25(14-23(29)27-31)11-12-28(2)24(25)30;3-2(4,5)1(6)7/h3-10,13,31H,11-12,14-16H2,1-2H3,(H,27,29);(H,6,7). The van der Waals surface area contributed by atoms with Gasteiger partial charge in [-0.2, -0.15) is 13.2 Å². The number of carbonyl (C=O) groups is 3. The molecule has 1 atom stereocenters. The van der Waals surface area contributed by atoms with Crippen LogP contribution in [0.2, 0.25) is 0 Å². The summed E-state index contributed by atoms with van der Waals surface area (Å²) in [4.78, 5) is 39.4. The quantitative estimate of drug-likeness (QED) is 0.256. The van der Waals surface area contributed by atoms with Crippen molar-refractivity contribution in [1.82, 2.24) is 15.4 Å². The van der Waals surface area contributed by atoms with E-state index in [1.165, 1.54) is 22.5 Å². The Balaban J connectivity index is 0.000000616. The fourth-order valence-corrected chi connectivity index (χ4v) is 6.37. The number of aryl methyl sites for hydroxylation is 1. The minimum Gasteiger partial charge on any atom is -0.489 e. The smallest absolute Gasteiger partial charge is 0.489 e. The summed E-state index contributed by atoms with van der Waals surface area (Å²) in [6.45, 7) is 2.54. The summed E-state index contributed by atoms with van der Waals surface area (Å²) in [5.41, 5.74) is 2.80. The van der Waals surface area contributed by atoms with Crippen molar-refractivity contribution >= 4 is 38.5 Å². The largest absolute Gasteiger partial charge is 0.490 e. The molecule has 0 spiro atoms. The fraction of sp³-hybridized carbons (Fsp3) is 0.333. The molecule has 1 unspecified atom stereocenters. The van der Waals surface area contributed by atoms with Gasteiger partial charge in [0.1, 0.15) is 12.4 Å². The van der Waals surface area contributed by atoms with Crippen molar-refractivity contribution in [3.8, 4) is 5.75 Å². The SMILES string of the molecule is Cc1cc(COc2ccc(S(=O)(=O)CC3(CC(=O)NO)CCN(C)C3=O)cc2)c2ccccc2n1.O=C(O)C(F)(F)F. The van der Waals surface area contributed by atoms with Crippen LogP contribution in [-0.4, -0.2) is 71.9 Å². The molecule has 2 heterocycles. The highest BCUT2D eigenvalue weighted by Gasteiger charge is 2.49. The van der Waals surface area contributed by atoms with Gasteiger partial charge in [-0.1, -0.05) is 18.2 Å². The Morgan fingerprint density at radius 1 is 1.14 bits per heavy atom. The zero-order valence-corrected chi connectivity index (χ0v) is 23.3. The van der Waals surface area contributed by atoms with E-state index in [0.717, 1.165) is 22.2 Å². The van der Waals surface area contributed by atoms with Crippen molar-refractivity contribution in [2.45, 2.75) is 37.4 Å². The molecule has 4 rings (SSSR count). The zero-order chi connectivity index (χ0) is 31.3. The van der Waals surface area contributed by atoms with Crippen LogP contribution in [0.4, 0.5) is 13.2 Å². The van der Waals surface area contributed by atoms with Crippen LogP contribution in [0.5, 0.6) is 5.75 Å². The van der Waals surface area contributed by atoms with Crippen molar-refractivity contribution in [3.63, 3.8) is 0 Å². The van der Waals surface area contributed by atoms with E-state index in [4.69, 9.17) is 19.8 Å². The van der Waals surface area contributed by atoms with Crippen molar-refractivity contribution in [2.24, 2.45) is 5.41 Å². The van der Waals surface area contributed by atoms with Gasteiger partial charge in [0.2, 0.25) is 11.8 Å². The van der Waals surface area contributed by atoms with Gasteiger partial charge in [0, 0.05) is 36.7 Å². The maximum absolute atomic E-state index is 13.2. The maximum Gasteiger partial charge on any atom is 0.490 e. The first-order valence-electron chi connectivity index (χ1n) is 12.4. The highest BCUT2D eigenvalue weighted by molar-refractivity contribution is 7.91. The van der Waals surface area contributed by atoms with E-state index in [9.17, 15) is 31.2 Å². The van der Waals surface area contributed by atoms with Crippen LogP contribution in [-0.2, 0) is 30.8 Å². The van der Waals surface area contributed by atoms with Gasteiger partial charge < -0.3 is 14.7 Å². The van der Waals surface area contributed by atoms with Gasteiger partial charge in [0.05, 0.1) is 21.6 Å². The third-order valence-corrected chi connectivity index (χ3v) is 8.49. The van der Waals surface area contributed by atoms with Crippen molar-refractivity contribution in [1.29, 1.82) is 0 Å². The Morgan fingerprint density at radius 2 is 1.76 bits per heavy atom. The molecule has 0 aliphatic carbocycles. The molecule has 0 bridgehead atoms. The average Bonchev–Trinajstić information content (AvgIpc) is 3.19. The van der Waals surface area contributed by atoms with Crippen LogP contribution >= 0.6 is 0 Å². The number of aliphatic carboxylic acids is 1. The highest BCUT2D eigenvalue weighted by Crippen LogP contribution is 2.38. The van der Waals surface area contributed by atoms with Crippen LogP contribution in [0.15, 0.2) is 59.5 Å². The molecule has 42 heavy (non-hydrogen) atoms. The van der Waals surface area contributed by atoms with E-state index < -0.39 is 51.4 Å². The molecule has 3 aromatic rings. The van der Waals surface area contributed by atoms with E-state index in [1.807, 2.05) is 37.3 Å². The molecule has 2 aromatic carbocycles. The number of hydroxylamine groups is 1. The number of fused-ring (bicyclic) bond motifs is 1. The summed E-state index contributed by atoms with van der Waals surface area (Å²) in [6, 6.07) is 15.7. The van der Waals surface area contributed by atoms with Gasteiger partial charge in [-0.3, -0.25) is 19.8 Å². The molecule has 1 aliphatic rings. The number of likely N-dealkylation sites (tertiary alicyclic amines) is 1. The number of pyridine rings is 1. The van der Waals surface area contributed by atoms with E-state index >= 15 is 0 Å². The van der Waals surface area contributed by atoms with Crippen molar-refractivity contribution < 1.29 is 51.0 Å². The molecule has 1 saturated heterocycles. The number of hydrogen-bond acceptors (Lipinski definition) is 8. The molecule has 226 valence electrons. The lowest BCUT2D eigenvalue weighted by Gasteiger charge is -2.26. The summed E-state index contributed by atoms with van der Waals surface area (Å²) in [6.07, 6.45) is -5.29. The Kier molecular flexibility index (Phi) is 9.79. The second kappa shape index (κ2) is 12.7. The van der Waals surface area contributed by atoms with Crippen LogP contribution in [0, 0.1) is 12.3 Å². The lowest BCUT2D eigenvalue weighted by molar-refractivity contribution is -0.192. The summed E-state index contributed by atoms with van der Waals surface area (Å²) >= 11 is 0. The number of sulfone groups is 1. The summed E-state index contributed by atoms with van der Waals surface area (Å²) in [5, 5.41) is 17.0. The highest BCUT2D eigenvalue weighted by atomic mass is 32.2. The Morgan fingerprint density at radius 3 is 2.31 bits per heavy atom. The first-order valence-corrected chi connectivity index (χ1v) is 14.0. The van der Waals surface area contributed by atoms with Gasteiger partial charge in [-0.25, -0.2) is 18.7 Å². The van der Waals surface area contributed by atoms with Crippen LogP contribution in [0.1, 0.15) is 24.1 Å². The van der Waals surface area contributed by atoms with Crippen molar-refractivity contribution in [2.75, 3.05) is 19.3 Å². The van der Waals surface area contributed by atoms with Crippen LogP contribution < -0.4 is 10.2 Å². The summed E-state index contributed by atoms with van der Waals surface area (Å²) in [5.74, 6) is -4.02. The third kappa shape index (κ3) is 7.73. The molecule has 0 saturated carbocycles. The lowest BCUT2D eigenvalue weighted by Crippen LogP contribution is -2.42. The third-order valence-electron chi connectivity index (χ3n) is 6.57. The molecule has 1 aliphatic heterocycles. The van der Waals surface area contributed by atoms with Crippen LogP contribution in [0.3, 0.4) is 0 Å². The maximum atomic E-state index is 13.2. The Labute approximate surface area is 238 Å². The van der Waals surface area contributed by atoms with E-state index in [2.05, 4.69) is 4.98 Å². The number of carboxylic acids is 1. The van der Waals surface area contributed by atoms with Gasteiger partial charge in [-0.15, -0.1) is 0 Å². The lowest BCUT2D eigenvalue weighted by atomic mass is 9.84. The van der Waals surface area contributed by atoms with Gasteiger partial charge >= 0.3 is 12.1 Å². The normalized spacial score (nSPS) is 17.0. The fourth-order valence-electron chi connectivity index (χ4n) is 4.56. The number of benzene rings is 2. The molecule has 3 N–H and O–H groups in total. The predicted octanol–water partition coefficient (Wildman–Crippen LogP) is 3.27. The average molecular weight is 612 g/mol. The number of para-hydroxylation sites is 1. The minimum atomic E-state index is -5.08. The van der Waals surface area contributed by atoms with Gasteiger partial charge in [-0.05, 0) is 49.7 Å². The number of nitrogens with zero attached hydrogens (tertiary/aromatic N) is 2. The number of ether oxygens (including phenoxy) is 1. The number of nitrogens with one attached hydrogen (secondary N) is 1. The zero-order valence-electron chi connectivity index (χ0n) is 22.5. The number of rotatable bonds is 8. The van der Waals surface area contributed by atoms with Crippen molar-refractivity contribution in [3.05, 3.63) is 65.9 Å². The molecular formula is C27H28F3N3O8S. The van der Waals surface area contributed by atoms with E-state index in [-0.39, 0.29) is 17.9 Å². The second-order valence-electron chi connectivity index (χ2n) is 9.73. The van der Waals surface area contributed by atoms with E-state index in [1.54, 1.807) is 19.2 Å². The number of carbonyl (C=O) groups excluding carboxylic acids is 2. The van der Waals surface area contributed by atoms with Gasteiger partial charge in [0.15, 0.2) is 9.84 Å². The molecule has 15 heteroatoms. The molecular weight excluding hydrogens is 583 g/mol. The Bertz CT molecular complexity index is 1580. The number of amides is 2. The molecule has 0 radical (unpaired) electrons. The first kappa shape index (κ1) is 32.3. The van der Waals surface area contributed by atoms with E-state index in [0.29, 0.717) is 12.3 Å². The Hall–Kier alpha value is -4.24. The van der Waals surface area contributed by atoms with Gasteiger partial charge in [0.25, 0.3) is 0 Å². The molecule has 2 amide bonds. The predicted molar refractivity (Wildman–Crippen MR) is 142 cm³/mol. The number of carboxylic acid groups (broad SMARTS) is 1. The molecule has 11 nitrogen and oxygen atoms in total. The summed E-state index contributed by atoms with van der Waals surface area (Å²) < 4.78 is 64.0. The summed E-state index contributed by atoms with van der Waals surface area (Å²) in [7, 11) is -2.34. The number of alkyl halides is 3. The molecule has 1 fully saturated rings. The topological polar surface area (TPSA) is 163 Å². The molecule has 1 aromatic heterocycles. The number of halogens is 3. The number of aromatic nitrogens is 1. The van der Waals surface area contributed by atoms with Crippen LogP contribution in [0.25, 0.3) is 10.9 Å². The number of hydrogen-bond donors (Lipinski definition) is 3. The second-order valence-corrected chi connectivity index (χ2v) is 11.7. The first-order chi connectivity index (χ1) is 19.6. The monoisotopic (exact) mass is 611 g/mol.